The molecule has 1 aliphatic heterocycles. The summed E-state index contributed by atoms with van der Waals surface area (Å²) in [7, 11) is 0. The Balaban J connectivity index is 2.23. The number of carbonyl (C=O) groups excluding carboxylic acids is 1. The Labute approximate surface area is 143 Å². The van der Waals surface area contributed by atoms with Gasteiger partial charge in [0.1, 0.15) is 0 Å². The normalized spacial score (nSPS) is 14.2. The van der Waals surface area contributed by atoms with E-state index in [0.717, 1.165) is 13.1 Å². The van der Waals surface area contributed by atoms with Crippen LogP contribution in [0.25, 0.3) is 0 Å². The second-order valence-electron chi connectivity index (χ2n) is 5.27. The van der Waals surface area contributed by atoms with Crippen LogP contribution in [0.1, 0.15) is 20.8 Å². The van der Waals surface area contributed by atoms with Crippen LogP contribution in [-0.4, -0.2) is 56.9 Å². The summed E-state index contributed by atoms with van der Waals surface area (Å²) in [6.07, 6.45) is 0. The number of ether oxygens (including phenoxy) is 3. The lowest BCUT2D eigenvalue weighted by molar-refractivity contribution is 0.204. The molecule has 2 N–H and O–H groups in total. The molecule has 1 aromatic rings. The topological polar surface area (TPSA) is 72.1 Å². The zero-order valence-electron chi connectivity index (χ0n) is 14.7. The summed E-state index contributed by atoms with van der Waals surface area (Å²) in [5, 5.41) is 6.15. The van der Waals surface area contributed by atoms with Gasteiger partial charge in [-0.25, -0.2) is 4.79 Å². The zero-order chi connectivity index (χ0) is 17.4. The summed E-state index contributed by atoms with van der Waals surface area (Å²) in [6, 6.07) is 3.43. The highest BCUT2D eigenvalue weighted by molar-refractivity contribution is 5.90. The van der Waals surface area contributed by atoms with Crippen LogP contribution < -0.4 is 24.8 Å². The minimum Gasteiger partial charge on any atom is -0.490 e. The SMILES string of the molecule is CCOc1cc(NC(=O)N2CCNCC2)cc(OCC)c1OCC. The molecule has 1 fully saturated rings. The van der Waals surface area contributed by atoms with Gasteiger partial charge in [-0.15, -0.1) is 0 Å². The summed E-state index contributed by atoms with van der Waals surface area (Å²) < 4.78 is 17.0. The third-order valence-electron chi connectivity index (χ3n) is 3.56. The van der Waals surface area contributed by atoms with Crippen molar-refractivity contribution in [3.63, 3.8) is 0 Å². The van der Waals surface area contributed by atoms with Gasteiger partial charge in [-0.05, 0) is 20.8 Å². The van der Waals surface area contributed by atoms with Crippen LogP contribution >= 0.6 is 0 Å². The number of hydrogen-bond donors (Lipinski definition) is 2. The Morgan fingerprint density at radius 2 is 1.58 bits per heavy atom. The van der Waals surface area contributed by atoms with Crippen LogP contribution in [0.3, 0.4) is 0 Å². The Bertz CT molecular complexity index is 518. The molecule has 1 heterocycles. The van der Waals surface area contributed by atoms with Crippen molar-refractivity contribution in [1.82, 2.24) is 10.2 Å². The first-order valence-corrected chi connectivity index (χ1v) is 8.52. The molecule has 0 saturated carbocycles. The third-order valence-corrected chi connectivity index (χ3v) is 3.56. The molecule has 24 heavy (non-hydrogen) atoms. The van der Waals surface area contributed by atoms with Crippen molar-refractivity contribution >= 4 is 11.7 Å². The van der Waals surface area contributed by atoms with E-state index in [0.29, 0.717) is 55.8 Å². The quantitative estimate of drug-likeness (QED) is 0.799. The van der Waals surface area contributed by atoms with Crippen molar-refractivity contribution in [3.05, 3.63) is 12.1 Å². The molecule has 7 heteroatoms. The summed E-state index contributed by atoms with van der Waals surface area (Å²) in [6.45, 7) is 10.2. The summed E-state index contributed by atoms with van der Waals surface area (Å²) in [5.74, 6) is 1.71. The summed E-state index contributed by atoms with van der Waals surface area (Å²) in [4.78, 5) is 14.2. The standard InChI is InChI=1S/C17H27N3O4/c1-4-22-14-11-13(12-15(23-5-2)16(14)24-6-3)19-17(21)20-9-7-18-8-10-20/h11-12,18H,4-10H2,1-3H3,(H,19,21). The lowest BCUT2D eigenvalue weighted by atomic mass is 10.2. The van der Waals surface area contributed by atoms with Crippen molar-refractivity contribution in [1.29, 1.82) is 0 Å². The Hall–Kier alpha value is -2.15. The van der Waals surface area contributed by atoms with E-state index in [-0.39, 0.29) is 6.03 Å². The second-order valence-corrected chi connectivity index (χ2v) is 5.27. The van der Waals surface area contributed by atoms with Gasteiger partial charge in [-0.2, -0.15) is 0 Å². The van der Waals surface area contributed by atoms with Gasteiger partial charge in [0.2, 0.25) is 5.75 Å². The van der Waals surface area contributed by atoms with E-state index in [2.05, 4.69) is 10.6 Å². The van der Waals surface area contributed by atoms with E-state index in [4.69, 9.17) is 14.2 Å². The first-order chi connectivity index (χ1) is 11.7. The van der Waals surface area contributed by atoms with Gasteiger partial charge in [0.25, 0.3) is 0 Å². The van der Waals surface area contributed by atoms with Gasteiger partial charge < -0.3 is 29.7 Å². The van der Waals surface area contributed by atoms with Crippen molar-refractivity contribution in [2.45, 2.75) is 20.8 Å². The number of nitrogens with zero attached hydrogens (tertiary/aromatic N) is 1. The number of nitrogens with one attached hydrogen (secondary N) is 2. The molecule has 0 atom stereocenters. The van der Waals surface area contributed by atoms with Gasteiger partial charge in [0, 0.05) is 38.3 Å². The molecule has 2 amide bonds. The molecule has 7 nitrogen and oxygen atoms in total. The van der Waals surface area contributed by atoms with Crippen LogP contribution in [-0.2, 0) is 0 Å². The smallest absolute Gasteiger partial charge is 0.321 e. The fourth-order valence-electron chi connectivity index (χ4n) is 2.53. The van der Waals surface area contributed by atoms with Crippen LogP contribution in [0.15, 0.2) is 12.1 Å². The molecular formula is C17H27N3O4. The molecule has 1 saturated heterocycles. The summed E-state index contributed by atoms with van der Waals surface area (Å²) in [5.41, 5.74) is 0.633. The minimum atomic E-state index is -0.120. The molecule has 134 valence electrons. The Morgan fingerprint density at radius 1 is 1.04 bits per heavy atom. The molecule has 0 aliphatic carbocycles. The maximum absolute atomic E-state index is 12.4. The van der Waals surface area contributed by atoms with E-state index < -0.39 is 0 Å². The second kappa shape index (κ2) is 9.22. The van der Waals surface area contributed by atoms with Crippen LogP contribution in [0, 0.1) is 0 Å². The highest BCUT2D eigenvalue weighted by Crippen LogP contribution is 2.40. The third kappa shape index (κ3) is 4.67. The lowest BCUT2D eigenvalue weighted by Gasteiger charge is -2.27. The number of amides is 2. The molecule has 0 unspecified atom stereocenters. The Kier molecular flexibility index (Phi) is 6.99. The van der Waals surface area contributed by atoms with Crippen molar-refractivity contribution < 1.29 is 19.0 Å². The molecular weight excluding hydrogens is 310 g/mol. The molecule has 0 radical (unpaired) electrons. The predicted octanol–water partition coefficient (Wildman–Crippen LogP) is 2.32. The summed E-state index contributed by atoms with van der Waals surface area (Å²) >= 11 is 0. The van der Waals surface area contributed by atoms with Crippen molar-refractivity contribution in [2.24, 2.45) is 0 Å². The van der Waals surface area contributed by atoms with E-state index in [9.17, 15) is 4.79 Å². The first-order valence-electron chi connectivity index (χ1n) is 8.52. The minimum absolute atomic E-state index is 0.120. The van der Waals surface area contributed by atoms with E-state index in [1.54, 1.807) is 17.0 Å². The lowest BCUT2D eigenvalue weighted by Crippen LogP contribution is -2.48. The molecule has 2 rings (SSSR count). The molecule has 1 aliphatic rings. The number of rotatable bonds is 7. The number of benzene rings is 1. The fraction of sp³-hybridized carbons (Fsp3) is 0.588. The van der Waals surface area contributed by atoms with Gasteiger partial charge in [0.15, 0.2) is 11.5 Å². The monoisotopic (exact) mass is 337 g/mol. The van der Waals surface area contributed by atoms with Crippen molar-refractivity contribution in [2.75, 3.05) is 51.3 Å². The van der Waals surface area contributed by atoms with E-state index >= 15 is 0 Å². The maximum atomic E-state index is 12.4. The molecule has 0 aromatic heterocycles. The number of hydrogen-bond acceptors (Lipinski definition) is 5. The number of urea groups is 1. The van der Waals surface area contributed by atoms with Crippen LogP contribution in [0.4, 0.5) is 10.5 Å². The average molecular weight is 337 g/mol. The van der Waals surface area contributed by atoms with Crippen molar-refractivity contribution in [3.8, 4) is 17.2 Å². The molecule has 0 spiro atoms. The zero-order valence-corrected chi connectivity index (χ0v) is 14.7. The predicted molar refractivity (Wildman–Crippen MR) is 93.4 cm³/mol. The van der Waals surface area contributed by atoms with Crippen LogP contribution in [0.5, 0.6) is 17.2 Å². The largest absolute Gasteiger partial charge is 0.490 e. The van der Waals surface area contributed by atoms with Gasteiger partial charge in [0.05, 0.1) is 25.5 Å². The van der Waals surface area contributed by atoms with Gasteiger partial charge in [-0.1, -0.05) is 0 Å². The molecule has 0 bridgehead atoms. The fourth-order valence-corrected chi connectivity index (χ4v) is 2.53. The average Bonchev–Trinajstić information content (AvgIpc) is 2.59. The van der Waals surface area contributed by atoms with E-state index in [1.165, 1.54) is 0 Å². The maximum Gasteiger partial charge on any atom is 0.321 e. The van der Waals surface area contributed by atoms with Gasteiger partial charge in [-0.3, -0.25) is 0 Å². The van der Waals surface area contributed by atoms with E-state index in [1.807, 2.05) is 20.8 Å². The number of piperazine rings is 1. The number of carbonyl (C=O) groups is 1. The Morgan fingerprint density at radius 3 is 2.08 bits per heavy atom. The highest BCUT2D eigenvalue weighted by atomic mass is 16.5. The van der Waals surface area contributed by atoms with Crippen LogP contribution in [0.2, 0.25) is 0 Å². The number of anilines is 1. The molecule has 1 aromatic carbocycles. The first kappa shape index (κ1) is 18.2. The highest BCUT2D eigenvalue weighted by Gasteiger charge is 2.19. The van der Waals surface area contributed by atoms with Gasteiger partial charge >= 0.3 is 6.03 Å².